The zero-order valence-electron chi connectivity index (χ0n) is 16.6. The van der Waals surface area contributed by atoms with Crippen LogP contribution in [0.4, 0.5) is 5.69 Å². The van der Waals surface area contributed by atoms with Crippen molar-refractivity contribution < 1.29 is 9.53 Å². The Morgan fingerprint density at radius 3 is 2.74 bits per heavy atom. The number of benzene rings is 2. The van der Waals surface area contributed by atoms with Gasteiger partial charge in [-0.05, 0) is 42.3 Å². The molecule has 2 aromatic heterocycles. The smallest absolute Gasteiger partial charge is 0.276 e. The van der Waals surface area contributed by atoms with Gasteiger partial charge in [0, 0.05) is 12.4 Å². The van der Waals surface area contributed by atoms with Crippen LogP contribution < -0.4 is 10.1 Å². The molecule has 0 spiro atoms. The predicted octanol–water partition coefficient (Wildman–Crippen LogP) is 5.03. The number of aromatic nitrogens is 4. The Labute approximate surface area is 189 Å². The maximum atomic E-state index is 12.5. The molecule has 0 radical (unpaired) electrons. The van der Waals surface area contributed by atoms with Crippen molar-refractivity contribution >= 4 is 34.8 Å². The fraction of sp³-hybridized carbons (Fsp3) is 0.136. The molecule has 0 saturated carbocycles. The van der Waals surface area contributed by atoms with Crippen LogP contribution in [-0.2, 0) is 13.3 Å². The molecule has 2 heterocycles. The van der Waals surface area contributed by atoms with Crippen LogP contribution in [0.1, 0.15) is 21.6 Å². The van der Waals surface area contributed by atoms with Gasteiger partial charge < -0.3 is 10.1 Å². The monoisotopic (exact) mass is 455 g/mol. The average molecular weight is 456 g/mol. The quantitative estimate of drug-likeness (QED) is 0.423. The Morgan fingerprint density at radius 2 is 1.94 bits per heavy atom. The number of hydrogen-bond acceptors (Lipinski definition) is 4. The molecule has 7 nitrogen and oxygen atoms in total. The number of amides is 1. The van der Waals surface area contributed by atoms with Gasteiger partial charge in [-0.25, -0.2) is 4.68 Å². The van der Waals surface area contributed by atoms with Crippen molar-refractivity contribution in [2.45, 2.75) is 20.2 Å². The summed E-state index contributed by atoms with van der Waals surface area (Å²) < 4.78 is 9.01. The molecule has 9 heteroatoms. The van der Waals surface area contributed by atoms with Crippen molar-refractivity contribution in [1.82, 2.24) is 19.6 Å². The summed E-state index contributed by atoms with van der Waals surface area (Å²) in [5.41, 5.74) is 2.83. The van der Waals surface area contributed by atoms with E-state index in [-0.39, 0.29) is 18.3 Å². The minimum absolute atomic E-state index is 0.208. The summed E-state index contributed by atoms with van der Waals surface area (Å²) in [5.74, 6) is 0.446. The molecule has 0 saturated heterocycles. The van der Waals surface area contributed by atoms with E-state index in [0.717, 1.165) is 16.9 Å². The van der Waals surface area contributed by atoms with Gasteiger partial charge in [0.05, 0.1) is 28.5 Å². The summed E-state index contributed by atoms with van der Waals surface area (Å²) in [5, 5.41) is 12.3. The molecule has 31 heavy (non-hydrogen) atoms. The SMILES string of the molecule is Cc1ccccc1OCn1ccc(C(=O)Nc2cnn(Cc3ccc(Cl)c(Cl)c3)c2)n1. The molecule has 1 N–H and O–H groups in total. The lowest BCUT2D eigenvalue weighted by Gasteiger charge is -2.08. The van der Waals surface area contributed by atoms with Crippen molar-refractivity contribution in [2.24, 2.45) is 0 Å². The second-order valence-electron chi connectivity index (χ2n) is 6.91. The zero-order valence-corrected chi connectivity index (χ0v) is 18.1. The Morgan fingerprint density at radius 1 is 1.10 bits per heavy atom. The Bertz CT molecular complexity index is 1220. The number of ether oxygens (including phenoxy) is 1. The molecule has 0 aliphatic carbocycles. The van der Waals surface area contributed by atoms with Crippen molar-refractivity contribution in [3.8, 4) is 5.75 Å². The number of carbonyl (C=O) groups is 1. The van der Waals surface area contributed by atoms with Gasteiger partial charge in [0.25, 0.3) is 5.91 Å². The number of para-hydroxylation sites is 1. The van der Waals surface area contributed by atoms with Crippen molar-refractivity contribution in [3.05, 3.63) is 94.0 Å². The van der Waals surface area contributed by atoms with E-state index in [2.05, 4.69) is 15.5 Å². The highest BCUT2D eigenvalue weighted by Crippen LogP contribution is 2.23. The summed E-state index contributed by atoms with van der Waals surface area (Å²) in [6, 6.07) is 14.8. The molecule has 158 valence electrons. The first kappa shape index (κ1) is 21.0. The topological polar surface area (TPSA) is 74.0 Å². The van der Waals surface area contributed by atoms with Crippen LogP contribution in [0, 0.1) is 6.92 Å². The third-order valence-corrected chi connectivity index (χ3v) is 5.28. The Kier molecular flexibility index (Phi) is 6.25. The van der Waals surface area contributed by atoms with Crippen LogP contribution in [0.15, 0.2) is 67.1 Å². The normalized spacial score (nSPS) is 10.8. The molecular weight excluding hydrogens is 437 g/mol. The summed E-state index contributed by atoms with van der Waals surface area (Å²) in [4.78, 5) is 12.5. The van der Waals surface area contributed by atoms with E-state index in [1.807, 2.05) is 37.3 Å². The standard InChI is InChI=1S/C22H19Cl2N5O2/c1-15-4-2-3-5-21(15)31-14-28-9-8-20(27-28)22(30)26-17-11-25-29(13-17)12-16-6-7-18(23)19(24)10-16/h2-11,13H,12,14H2,1H3,(H,26,30). The number of nitrogens with one attached hydrogen (secondary N) is 1. The van der Waals surface area contributed by atoms with Crippen LogP contribution in [0.3, 0.4) is 0 Å². The number of rotatable bonds is 7. The zero-order chi connectivity index (χ0) is 21.8. The van der Waals surface area contributed by atoms with Gasteiger partial charge >= 0.3 is 0 Å². The Hall–Kier alpha value is -3.29. The molecular formula is C22H19Cl2N5O2. The maximum Gasteiger partial charge on any atom is 0.276 e. The molecule has 0 bridgehead atoms. The minimum Gasteiger partial charge on any atom is -0.471 e. The molecule has 4 rings (SSSR count). The van der Waals surface area contributed by atoms with Gasteiger partial charge in [-0.1, -0.05) is 47.5 Å². The number of anilines is 1. The van der Waals surface area contributed by atoms with E-state index in [4.69, 9.17) is 27.9 Å². The molecule has 1 amide bonds. The van der Waals surface area contributed by atoms with Crippen LogP contribution in [0.5, 0.6) is 5.75 Å². The van der Waals surface area contributed by atoms with Gasteiger partial charge in [-0.3, -0.25) is 9.48 Å². The third-order valence-electron chi connectivity index (χ3n) is 4.54. The minimum atomic E-state index is -0.330. The Balaban J connectivity index is 1.34. The summed E-state index contributed by atoms with van der Waals surface area (Å²) >= 11 is 12.0. The molecule has 0 atom stereocenters. The molecule has 0 aliphatic heterocycles. The van der Waals surface area contributed by atoms with E-state index in [0.29, 0.717) is 22.3 Å². The van der Waals surface area contributed by atoms with E-state index in [1.165, 1.54) is 0 Å². The largest absolute Gasteiger partial charge is 0.471 e. The lowest BCUT2D eigenvalue weighted by Crippen LogP contribution is -2.14. The molecule has 0 fully saturated rings. The highest BCUT2D eigenvalue weighted by atomic mass is 35.5. The number of carbonyl (C=O) groups excluding carboxylic acids is 1. The van der Waals surface area contributed by atoms with Crippen molar-refractivity contribution in [1.29, 1.82) is 0 Å². The highest BCUT2D eigenvalue weighted by molar-refractivity contribution is 6.42. The summed E-state index contributed by atoms with van der Waals surface area (Å²) in [6.45, 7) is 2.68. The lowest BCUT2D eigenvalue weighted by atomic mass is 10.2. The lowest BCUT2D eigenvalue weighted by molar-refractivity contribution is 0.102. The van der Waals surface area contributed by atoms with E-state index < -0.39 is 0 Å². The average Bonchev–Trinajstić information content (AvgIpc) is 3.40. The van der Waals surface area contributed by atoms with Gasteiger partial charge in [-0.2, -0.15) is 10.2 Å². The van der Waals surface area contributed by atoms with Gasteiger partial charge in [0.2, 0.25) is 0 Å². The highest BCUT2D eigenvalue weighted by Gasteiger charge is 2.12. The van der Waals surface area contributed by atoms with Crippen LogP contribution in [-0.4, -0.2) is 25.5 Å². The number of halogens is 2. The van der Waals surface area contributed by atoms with Crippen LogP contribution in [0.2, 0.25) is 10.0 Å². The van der Waals surface area contributed by atoms with Gasteiger partial charge in [-0.15, -0.1) is 0 Å². The van der Waals surface area contributed by atoms with E-state index in [9.17, 15) is 4.79 Å². The molecule has 2 aromatic carbocycles. The first-order chi connectivity index (χ1) is 15.0. The first-order valence-corrected chi connectivity index (χ1v) is 10.2. The van der Waals surface area contributed by atoms with Crippen LogP contribution >= 0.6 is 23.2 Å². The van der Waals surface area contributed by atoms with Crippen LogP contribution in [0.25, 0.3) is 0 Å². The first-order valence-electron chi connectivity index (χ1n) is 9.47. The number of aryl methyl sites for hydroxylation is 1. The third kappa shape index (κ3) is 5.25. The summed E-state index contributed by atoms with van der Waals surface area (Å²) in [7, 11) is 0. The van der Waals surface area contributed by atoms with E-state index >= 15 is 0 Å². The predicted molar refractivity (Wildman–Crippen MR) is 120 cm³/mol. The fourth-order valence-corrected chi connectivity index (χ4v) is 3.26. The molecule has 0 unspecified atom stereocenters. The second kappa shape index (κ2) is 9.24. The van der Waals surface area contributed by atoms with E-state index in [1.54, 1.807) is 46.2 Å². The number of nitrogens with zero attached hydrogens (tertiary/aromatic N) is 4. The second-order valence-corrected chi connectivity index (χ2v) is 7.72. The fourth-order valence-electron chi connectivity index (χ4n) is 2.94. The van der Waals surface area contributed by atoms with Crippen molar-refractivity contribution in [2.75, 3.05) is 5.32 Å². The number of hydrogen-bond donors (Lipinski definition) is 1. The summed E-state index contributed by atoms with van der Waals surface area (Å²) in [6.07, 6.45) is 5.01. The maximum absolute atomic E-state index is 12.5. The van der Waals surface area contributed by atoms with Crippen molar-refractivity contribution in [3.63, 3.8) is 0 Å². The molecule has 4 aromatic rings. The van der Waals surface area contributed by atoms with Gasteiger partial charge in [0.15, 0.2) is 12.4 Å². The molecule has 0 aliphatic rings. The van der Waals surface area contributed by atoms with Gasteiger partial charge in [0.1, 0.15) is 5.75 Å².